The summed E-state index contributed by atoms with van der Waals surface area (Å²) in [6.07, 6.45) is 1.36. The number of benzene rings is 1. The smallest absolute Gasteiger partial charge is 0.272 e. The van der Waals surface area contributed by atoms with Crippen LogP contribution in [0.1, 0.15) is 16.1 Å². The first-order chi connectivity index (χ1) is 11.0. The summed E-state index contributed by atoms with van der Waals surface area (Å²) in [5.41, 5.74) is 5.59. The van der Waals surface area contributed by atoms with E-state index in [2.05, 4.69) is 10.3 Å². The number of primary amides is 1. The van der Waals surface area contributed by atoms with Gasteiger partial charge in [-0.2, -0.15) is 0 Å². The Morgan fingerprint density at radius 2 is 1.91 bits per heavy atom. The Bertz CT molecular complexity index is 733. The van der Waals surface area contributed by atoms with Gasteiger partial charge in [0.2, 0.25) is 5.91 Å². The molecule has 3 N–H and O–H groups in total. The lowest BCUT2D eigenvalue weighted by atomic mass is 10.0. The molecule has 1 heterocycles. The van der Waals surface area contributed by atoms with E-state index in [9.17, 15) is 19.7 Å². The zero-order valence-corrected chi connectivity index (χ0v) is 12.0. The number of pyridine rings is 1. The quantitative estimate of drug-likeness (QED) is 0.602. The van der Waals surface area contributed by atoms with Crippen molar-refractivity contribution in [2.75, 3.05) is 0 Å². The van der Waals surface area contributed by atoms with E-state index >= 15 is 0 Å². The van der Waals surface area contributed by atoms with Crippen LogP contribution in [0.5, 0.6) is 0 Å². The van der Waals surface area contributed by atoms with Crippen molar-refractivity contribution in [2.45, 2.75) is 12.5 Å². The monoisotopic (exact) mass is 314 g/mol. The predicted molar refractivity (Wildman–Crippen MR) is 81.5 cm³/mol. The summed E-state index contributed by atoms with van der Waals surface area (Å²) in [6.45, 7) is 0. The van der Waals surface area contributed by atoms with E-state index in [0.29, 0.717) is 5.56 Å². The van der Waals surface area contributed by atoms with Crippen LogP contribution in [0.3, 0.4) is 0 Å². The van der Waals surface area contributed by atoms with E-state index in [4.69, 9.17) is 5.73 Å². The van der Waals surface area contributed by atoms with Crippen LogP contribution in [0.15, 0.2) is 48.7 Å². The molecular weight excluding hydrogens is 300 g/mol. The number of nitro groups is 1. The lowest BCUT2D eigenvalue weighted by molar-refractivity contribution is -0.385. The van der Waals surface area contributed by atoms with Gasteiger partial charge in [0.25, 0.3) is 11.6 Å². The molecule has 0 aliphatic rings. The number of nitrogens with two attached hydrogens (primary N) is 1. The van der Waals surface area contributed by atoms with Crippen molar-refractivity contribution >= 4 is 17.5 Å². The third kappa shape index (κ3) is 4.10. The Morgan fingerprint density at radius 1 is 1.22 bits per heavy atom. The third-order valence-electron chi connectivity index (χ3n) is 3.16. The minimum atomic E-state index is -1.08. The van der Waals surface area contributed by atoms with Crippen molar-refractivity contribution < 1.29 is 14.5 Å². The van der Waals surface area contributed by atoms with Crippen LogP contribution >= 0.6 is 0 Å². The van der Waals surface area contributed by atoms with Gasteiger partial charge in [0.05, 0.1) is 4.92 Å². The maximum absolute atomic E-state index is 12.1. The fourth-order valence-corrected chi connectivity index (χ4v) is 2.03. The van der Waals surface area contributed by atoms with E-state index < -0.39 is 22.8 Å². The van der Waals surface area contributed by atoms with Crippen LogP contribution in [-0.2, 0) is 11.2 Å². The molecule has 0 aliphatic carbocycles. The van der Waals surface area contributed by atoms with Gasteiger partial charge in [-0.1, -0.05) is 24.3 Å². The lowest BCUT2D eigenvalue weighted by Crippen LogP contribution is -2.46. The van der Waals surface area contributed by atoms with Gasteiger partial charge < -0.3 is 11.1 Å². The summed E-state index contributed by atoms with van der Waals surface area (Å²) < 4.78 is 0. The Hall–Kier alpha value is -3.29. The number of aromatic nitrogens is 1. The van der Waals surface area contributed by atoms with Crippen molar-refractivity contribution in [1.29, 1.82) is 0 Å². The van der Waals surface area contributed by atoms with E-state index in [1.54, 1.807) is 18.2 Å². The van der Waals surface area contributed by atoms with Crippen molar-refractivity contribution in [3.05, 3.63) is 70.0 Å². The molecule has 2 amide bonds. The molecule has 2 rings (SSSR count). The highest BCUT2D eigenvalue weighted by atomic mass is 16.6. The summed E-state index contributed by atoms with van der Waals surface area (Å²) in [7, 11) is 0. The Kier molecular flexibility index (Phi) is 4.98. The SMILES string of the molecule is NC(=O)[C@H](Cc1ccccc1[N+](=O)[O-])NC(=O)c1ccccn1. The van der Waals surface area contributed by atoms with Crippen LogP contribution < -0.4 is 11.1 Å². The number of carbonyl (C=O) groups excluding carboxylic acids is 2. The standard InChI is InChI=1S/C15H14N4O4/c16-14(20)12(18-15(21)11-6-3-4-8-17-11)9-10-5-1-2-7-13(10)19(22)23/h1-8,12H,9H2,(H2,16,20)(H,18,21)/t12-/m0/s1. The van der Waals surface area contributed by atoms with Gasteiger partial charge in [0.1, 0.15) is 11.7 Å². The first kappa shape index (κ1) is 16.1. The Balaban J connectivity index is 2.19. The van der Waals surface area contributed by atoms with Gasteiger partial charge in [-0.05, 0) is 12.1 Å². The second-order valence-electron chi connectivity index (χ2n) is 4.73. The van der Waals surface area contributed by atoms with Gasteiger partial charge in [-0.15, -0.1) is 0 Å². The molecule has 0 aliphatic heterocycles. The molecule has 8 heteroatoms. The number of carbonyl (C=O) groups is 2. The third-order valence-corrected chi connectivity index (χ3v) is 3.16. The highest BCUT2D eigenvalue weighted by molar-refractivity contribution is 5.95. The maximum atomic E-state index is 12.1. The highest BCUT2D eigenvalue weighted by Crippen LogP contribution is 2.19. The molecule has 1 aromatic heterocycles. The topological polar surface area (TPSA) is 128 Å². The van der Waals surface area contributed by atoms with Gasteiger partial charge in [0.15, 0.2) is 0 Å². The fraction of sp³-hybridized carbons (Fsp3) is 0.133. The largest absolute Gasteiger partial charge is 0.368 e. The van der Waals surface area contributed by atoms with Crippen LogP contribution in [0.4, 0.5) is 5.69 Å². The molecule has 23 heavy (non-hydrogen) atoms. The van der Waals surface area contributed by atoms with Crippen molar-refractivity contribution in [1.82, 2.24) is 10.3 Å². The molecule has 2 aromatic rings. The summed E-state index contributed by atoms with van der Waals surface area (Å²) >= 11 is 0. The Morgan fingerprint density at radius 3 is 2.52 bits per heavy atom. The minimum Gasteiger partial charge on any atom is -0.368 e. The summed E-state index contributed by atoms with van der Waals surface area (Å²) in [6, 6.07) is 9.66. The van der Waals surface area contributed by atoms with Crippen LogP contribution in [0.25, 0.3) is 0 Å². The van der Waals surface area contributed by atoms with Crippen LogP contribution in [0, 0.1) is 10.1 Å². The maximum Gasteiger partial charge on any atom is 0.272 e. The van der Waals surface area contributed by atoms with Gasteiger partial charge in [0, 0.05) is 24.2 Å². The number of nitro benzene ring substituents is 1. The summed E-state index contributed by atoms with van der Waals surface area (Å²) in [4.78, 5) is 38.0. The first-order valence-electron chi connectivity index (χ1n) is 6.72. The van der Waals surface area contributed by atoms with Crippen molar-refractivity contribution in [3.63, 3.8) is 0 Å². The van der Waals surface area contributed by atoms with Gasteiger partial charge in [-0.3, -0.25) is 24.7 Å². The average Bonchev–Trinajstić information content (AvgIpc) is 2.55. The molecule has 0 spiro atoms. The number of hydrogen-bond donors (Lipinski definition) is 2. The lowest BCUT2D eigenvalue weighted by Gasteiger charge is -2.15. The molecule has 8 nitrogen and oxygen atoms in total. The summed E-state index contributed by atoms with van der Waals surface area (Å²) in [5.74, 6) is -1.36. The number of nitrogens with one attached hydrogen (secondary N) is 1. The number of hydrogen-bond acceptors (Lipinski definition) is 5. The molecule has 0 unspecified atom stereocenters. The molecule has 0 radical (unpaired) electrons. The van der Waals surface area contributed by atoms with E-state index in [1.165, 1.54) is 30.5 Å². The van der Waals surface area contributed by atoms with E-state index in [1.807, 2.05) is 0 Å². The van der Waals surface area contributed by atoms with Crippen molar-refractivity contribution in [2.24, 2.45) is 5.73 Å². The van der Waals surface area contributed by atoms with E-state index in [0.717, 1.165) is 0 Å². The fourth-order valence-electron chi connectivity index (χ4n) is 2.03. The number of nitrogens with zero attached hydrogens (tertiary/aromatic N) is 2. The molecule has 1 atom stereocenters. The van der Waals surface area contributed by atoms with Gasteiger partial charge >= 0.3 is 0 Å². The molecule has 0 saturated heterocycles. The van der Waals surface area contributed by atoms with Crippen molar-refractivity contribution in [3.8, 4) is 0 Å². The zero-order chi connectivity index (χ0) is 16.8. The molecule has 0 bridgehead atoms. The molecule has 1 aromatic carbocycles. The number of para-hydroxylation sites is 1. The molecular formula is C15H14N4O4. The average molecular weight is 314 g/mol. The number of amides is 2. The molecule has 0 saturated carbocycles. The van der Waals surface area contributed by atoms with Gasteiger partial charge in [-0.25, -0.2) is 0 Å². The minimum absolute atomic E-state index is 0.0783. The normalized spacial score (nSPS) is 11.5. The zero-order valence-electron chi connectivity index (χ0n) is 12.0. The van der Waals surface area contributed by atoms with E-state index in [-0.39, 0.29) is 17.8 Å². The Labute approximate surface area is 131 Å². The number of rotatable bonds is 6. The summed E-state index contributed by atoms with van der Waals surface area (Å²) in [5, 5.41) is 13.5. The molecule has 118 valence electrons. The molecule has 0 fully saturated rings. The predicted octanol–water partition coefficient (Wildman–Crippen LogP) is 0.816. The van der Waals surface area contributed by atoms with Crippen LogP contribution in [0.2, 0.25) is 0 Å². The first-order valence-corrected chi connectivity index (χ1v) is 6.72. The van der Waals surface area contributed by atoms with Crippen LogP contribution in [-0.4, -0.2) is 27.8 Å². The highest BCUT2D eigenvalue weighted by Gasteiger charge is 2.23. The second kappa shape index (κ2) is 7.12. The second-order valence-corrected chi connectivity index (χ2v) is 4.73.